The maximum atomic E-state index is 13.8. The fourth-order valence-electron chi connectivity index (χ4n) is 7.60. The lowest BCUT2D eigenvalue weighted by Crippen LogP contribution is -2.10. The Balaban J connectivity index is 0.000000193. The van der Waals surface area contributed by atoms with Gasteiger partial charge in [0.05, 0.1) is 14.7 Å². The van der Waals surface area contributed by atoms with Crippen molar-refractivity contribution in [1.82, 2.24) is 29.9 Å². The highest BCUT2D eigenvalue weighted by molar-refractivity contribution is 8.03. The van der Waals surface area contributed by atoms with E-state index in [4.69, 9.17) is 34.3 Å². The zero-order valence-corrected chi connectivity index (χ0v) is 55.8. The van der Waals surface area contributed by atoms with Gasteiger partial charge in [0.1, 0.15) is 28.4 Å². The predicted octanol–water partition coefficient (Wildman–Crippen LogP) is 13.8. The number of hydrogen-bond acceptors (Lipinski definition) is 17. The SMILES string of the molecule is CS(=O)(=O)c1ccc(-c2nc(Cl)cc(NCc3ccccc3)n2)cc1.CS(=O)(=O)c1ccc(-c2nc(F)cc(NCc3ccccc3)n2)cc1.CS(=O)(=O)c1ccc(-c2nc([18F])cc(NCc3ccccc3)n2)cc1.CSc1ccc(C(=N)N)cc1.PPCCl. The van der Waals surface area contributed by atoms with Crippen LogP contribution in [0.4, 0.5) is 26.2 Å². The fraction of sp³-hybridized carbons (Fsp3) is 0.127. The molecule has 2 atom stereocenters. The van der Waals surface area contributed by atoms with Gasteiger partial charge in [-0.2, -0.15) is 18.7 Å². The molecule has 7 aromatic carbocycles. The lowest BCUT2D eigenvalue weighted by atomic mass is 10.2. The van der Waals surface area contributed by atoms with E-state index in [1.54, 1.807) is 54.2 Å². The first-order chi connectivity index (χ1) is 42.9. The van der Waals surface area contributed by atoms with Gasteiger partial charge in [0.15, 0.2) is 47.0 Å². The second-order valence-corrected chi connectivity index (χ2v) is 29.1. The van der Waals surface area contributed by atoms with Crippen molar-refractivity contribution < 1.29 is 34.0 Å². The lowest BCUT2D eigenvalue weighted by molar-refractivity contribution is 0.581. The quantitative estimate of drug-likeness (QED) is 0.0133. The van der Waals surface area contributed by atoms with E-state index >= 15 is 0 Å². The third kappa shape index (κ3) is 24.2. The molecule has 0 fully saturated rings. The summed E-state index contributed by atoms with van der Waals surface area (Å²) in [5, 5.41) is 16.8. The summed E-state index contributed by atoms with van der Waals surface area (Å²) in [5.74, 6) is 0.940. The summed E-state index contributed by atoms with van der Waals surface area (Å²) < 4.78 is 96.8. The van der Waals surface area contributed by atoms with Crippen LogP contribution in [0.25, 0.3) is 34.2 Å². The van der Waals surface area contributed by atoms with E-state index in [1.165, 1.54) is 59.7 Å². The smallest absolute Gasteiger partial charge is 0.218 e. The third-order valence-electron chi connectivity index (χ3n) is 12.1. The van der Waals surface area contributed by atoms with Crippen molar-refractivity contribution in [2.45, 2.75) is 39.2 Å². The number of sulfone groups is 3. The first-order valence-corrected chi connectivity index (χ1v) is 37.6. The molecule has 0 aliphatic carbocycles. The number of anilines is 3. The Kier molecular flexibility index (Phi) is 27.7. The maximum Gasteiger partial charge on any atom is 0.218 e. The first kappa shape index (κ1) is 71.2. The average Bonchev–Trinajstić information content (AvgIpc) is 1.39. The Morgan fingerprint density at radius 3 is 1.08 bits per heavy atom. The molecule has 0 saturated carbocycles. The number of alkyl halides is 1. The Labute approximate surface area is 541 Å². The Hall–Kier alpha value is -7.85. The van der Waals surface area contributed by atoms with Gasteiger partial charge in [-0.3, -0.25) is 5.41 Å². The summed E-state index contributed by atoms with van der Waals surface area (Å²) in [6, 6.07) is 59.5. The van der Waals surface area contributed by atoms with Gasteiger partial charge in [-0.05, 0) is 108 Å². The van der Waals surface area contributed by atoms with E-state index in [1.807, 2.05) is 122 Å². The standard InChI is InChI=1S/C18H16ClN3O2S.2C18H16FN3O2S.C8H10N2S.CH5ClP2/c3*1-25(23,24)15-9-7-14(8-10-15)18-21-16(19)11-17(22-18)20-12-13-5-3-2-4-6-13;1-11-7-4-2-6(3-5-7)8(9)10;2-1-4-3/h3*2-11H,12H2,1H3,(H,20,21,22);2-5H,1H3,(H3,9,10);4H,1,3H2/i;19-1;;;. The minimum absolute atomic E-state index is 0.123. The van der Waals surface area contributed by atoms with Crippen molar-refractivity contribution in [1.29, 1.82) is 5.41 Å². The van der Waals surface area contributed by atoms with Gasteiger partial charge in [0.2, 0.25) is 11.9 Å². The van der Waals surface area contributed by atoms with Crippen molar-refractivity contribution in [2.24, 2.45) is 5.73 Å². The van der Waals surface area contributed by atoms with E-state index in [0.717, 1.165) is 48.7 Å². The molecule has 3 aromatic heterocycles. The van der Waals surface area contributed by atoms with Crippen molar-refractivity contribution in [3.05, 3.63) is 246 Å². The van der Waals surface area contributed by atoms with Gasteiger partial charge >= 0.3 is 0 Å². The number of benzene rings is 7. The summed E-state index contributed by atoms with van der Waals surface area (Å²) in [4.78, 5) is 26.7. The molecule has 0 aliphatic rings. The molecule has 468 valence electrons. The van der Waals surface area contributed by atoms with Gasteiger partial charge in [-0.25, -0.2) is 45.2 Å². The molecule has 90 heavy (non-hydrogen) atoms. The zero-order chi connectivity index (χ0) is 65.3. The van der Waals surface area contributed by atoms with Crippen molar-refractivity contribution >= 4 is 105 Å². The minimum Gasteiger partial charge on any atom is -0.384 e. The highest BCUT2D eigenvalue weighted by Crippen LogP contribution is 2.25. The van der Waals surface area contributed by atoms with Crippen LogP contribution in [0.1, 0.15) is 22.3 Å². The molecule has 3 heterocycles. The number of nitrogens with two attached hydrogens (primary N) is 1. The molecule has 27 heteroatoms. The Morgan fingerprint density at radius 1 is 0.500 bits per heavy atom. The topological polar surface area (TPSA) is 266 Å². The molecule has 17 nitrogen and oxygen atoms in total. The summed E-state index contributed by atoms with van der Waals surface area (Å²) >= 11 is 13.0. The molecule has 0 saturated heterocycles. The van der Waals surface area contributed by atoms with Crippen LogP contribution < -0.4 is 21.7 Å². The first-order valence-electron chi connectivity index (χ1n) is 26.8. The number of nitrogen functional groups attached to an aromatic ring is 1. The Bertz CT molecular complexity index is 3900. The third-order valence-corrected chi connectivity index (χ3v) is 18.5. The van der Waals surface area contributed by atoms with Gasteiger partial charge in [0, 0.05) is 89.4 Å². The number of halogens is 4. The molecule has 0 spiro atoms. The van der Waals surface area contributed by atoms with Crippen LogP contribution in [0.2, 0.25) is 5.15 Å². The maximum absolute atomic E-state index is 13.8. The molecule has 6 N–H and O–H groups in total. The van der Waals surface area contributed by atoms with E-state index < -0.39 is 41.4 Å². The van der Waals surface area contributed by atoms with Crippen LogP contribution in [0.5, 0.6) is 0 Å². The molecule has 0 radical (unpaired) electrons. The molecule has 0 bridgehead atoms. The average molecular weight is 1370 g/mol. The predicted molar refractivity (Wildman–Crippen MR) is 366 cm³/mol. The molecule has 0 aliphatic heterocycles. The van der Waals surface area contributed by atoms with Gasteiger partial charge in [-0.1, -0.05) is 123 Å². The number of aromatic nitrogens is 6. The Morgan fingerprint density at radius 2 is 0.800 bits per heavy atom. The molecule has 10 rings (SSSR count). The fourth-order valence-corrected chi connectivity index (χ4v) is 10.1. The normalized spacial score (nSPS) is 11.0. The van der Waals surface area contributed by atoms with Crippen molar-refractivity contribution in [3.63, 3.8) is 0 Å². The van der Waals surface area contributed by atoms with Crippen molar-refractivity contribution in [2.75, 3.05) is 46.6 Å². The minimum atomic E-state index is -3.28. The van der Waals surface area contributed by atoms with E-state index in [9.17, 15) is 34.0 Å². The van der Waals surface area contributed by atoms with Crippen LogP contribution in [0.15, 0.2) is 226 Å². The zero-order valence-electron chi connectivity index (χ0n) is 48.9. The van der Waals surface area contributed by atoms with Gasteiger partial charge in [0.25, 0.3) is 0 Å². The summed E-state index contributed by atoms with van der Waals surface area (Å²) in [5.41, 5.74) is 11.8. The second-order valence-electron chi connectivity index (χ2n) is 19.1. The van der Waals surface area contributed by atoms with Crippen LogP contribution in [-0.4, -0.2) is 91.6 Å². The number of amidine groups is 1. The molecular weight excluding hydrogens is 1300 g/mol. The highest BCUT2D eigenvalue weighted by atomic mass is 35.5. The number of rotatable bonds is 18. The number of hydrogen-bond donors (Lipinski definition) is 5. The highest BCUT2D eigenvalue weighted by Gasteiger charge is 2.14. The van der Waals surface area contributed by atoms with Crippen LogP contribution in [0.3, 0.4) is 0 Å². The number of nitrogens with zero attached hydrogens (tertiary/aromatic N) is 6. The summed E-state index contributed by atoms with van der Waals surface area (Å²) in [6.45, 7) is 1.62. The molecule has 0 amide bonds. The number of thioether (sulfide) groups is 1. The van der Waals surface area contributed by atoms with Crippen molar-refractivity contribution in [3.8, 4) is 34.2 Å². The van der Waals surface area contributed by atoms with Gasteiger partial charge in [-0.15, -0.1) is 32.3 Å². The molecular formula is C63H63Cl2F2N11O6P2S4. The van der Waals surface area contributed by atoms with Crippen LogP contribution in [-0.2, 0) is 49.1 Å². The number of nitrogens with one attached hydrogen (secondary N) is 4. The van der Waals surface area contributed by atoms with Crippen LogP contribution in [0, 0.1) is 17.3 Å². The van der Waals surface area contributed by atoms with E-state index in [2.05, 4.69) is 54.8 Å². The lowest BCUT2D eigenvalue weighted by Gasteiger charge is -2.08. The monoisotopic (exact) mass is 1370 g/mol. The largest absolute Gasteiger partial charge is 0.384 e. The van der Waals surface area contributed by atoms with Gasteiger partial charge < -0.3 is 21.7 Å². The summed E-state index contributed by atoms with van der Waals surface area (Å²) in [6.07, 6.45) is 5.45. The second kappa shape index (κ2) is 34.9. The molecule has 10 aromatic rings. The van der Waals surface area contributed by atoms with Crippen LogP contribution >= 0.6 is 52.2 Å². The van der Waals surface area contributed by atoms with E-state index in [0.29, 0.717) is 64.8 Å². The molecule has 2 unspecified atom stereocenters. The summed E-state index contributed by atoms with van der Waals surface area (Å²) in [7, 11) is -6.43. The van der Waals surface area contributed by atoms with E-state index in [-0.39, 0.29) is 32.2 Å².